The van der Waals surface area contributed by atoms with Crippen LogP contribution >= 0.6 is 0 Å². The van der Waals surface area contributed by atoms with Crippen LogP contribution in [0.25, 0.3) is 0 Å². The summed E-state index contributed by atoms with van der Waals surface area (Å²) >= 11 is 0. The number of ether oxygens (including phenoxy) is 4. The third-order valence-corrected chi connectivity index (χ3v) is 7.03. The summed E-state index contributed by atoms with van der Waals surface area (Å²) in [6.07, 6.45) is -21.7. The molecule has 2 aliphatic rings. The number of aliphatic carboxylic acids is 1. The minimum atomic E-state index is -5.64. The fraction of sp³-hybridized carbons (Fsp3) is 0.923. The zero-order chi connectivity index (χ0) is 31.7. The topological polar surface area (TPSA) is 372 Å². The molecule has 0 aromatic rings. The number of nitrogens with one attached hydrogen (secondary N) is 1. The number of rotatable bonds is 13. The van der Waals surface area contributed by atoms with Gasteiger partial charge in [-0.2, -0.15) is 38.4 Å². The Morgan fingerprint density at radius 2 is 1.32 bits per heavy atom. The summed E-state index contributed by atoms with van der Waals surface area (Å²) < 4.78 is 160. The first-order valence-electron chi connectivity index (χ1n) is 10.2. The Morgan fingerprint density at radius 1 is 0.780 bits per heavy atom. The van der Waals surface area contributed by atoms with Gasteiger partial charge in [0, 0.05) is 7.11 Å². The molecule has 2 heterocycles. The lowest BCUT2D eigenvalue weighted by Gasteiger charge is -2.47. The van der Waals surface area contributed by atoms with Crippen molar-refractivity contribution in [2.75, 3.05) is 13.7 Å². The molecule has 10 atom stereocenters. The van der Waals surface area contributed by atoms with E-state index >= 15 is 0 Å². The summed E-state index contributed by atoms with van der Waals surface area (Å²) in [5, 5.41) is 30.7. The molecule has 0 aromatic carbocycles. The number of carbonyl (C=O) groups is 1. The van der Waals surface area contributed by atoms with Crippen LogP contribution in [-0.4, -0.2) is 148 Å². The van der Waals surface area contributed by atoms with Crippen LogP contribution < -0.4 is 4.72 Å². The van der Waals surface area contributed by atoms with Crippen molar-refractivity contribution in [3.8, 4) is 0 Å². The van der Waals surface area contributed by atoms with Gasteiger partial charge in [-0.15, -0.1) is 0 Å². The summed E-state index contributed by atoms with van der Waals surface area (Å²) in [7, 11) is -21.0. The molecule has 0 amide bonds. The second kappa shape index (κ2) is 13.1. The van der Waals surface area contributed by atoms with Gasteiger partial charge in [0.15, 0.2) is 24.8 Å². The first-order chi connectivity index (χ1) is 18.4. The summed E-state index contributed by atoms with van der Waals surface area (Å²) in [5.41, 5.74) is 0. The van der Waals surface area contributed by atoms with E-state index < -0.39 is 115 Å². The molecule has 0 spiro atoms. The summed E-state index contributed by atoms with van der Waals surface area (Å²) in [6, 6.07) is -2.54. The monoisotopic (exact) mass is 689 g/mol. The molecule has 0 aromatic heterocycles. The van der Waals surface area contributed by atoms with Crippen LogP contribution in [-0.2, 0) is 77.8 Å². The van der Waals surface area contributed by atoms with Gasteiger partial charge < -0.3 is 34.3 Å². The highest BCUT2D eigenvalue weighted by atomic mass is 32.3. The lowest BCUT2D eigenvalue weighted by molar-refractivity contribution is -0.333. The van der Waals surface area contributed by atoms with Crippen molar-refractivity contribution in [1.29, 1.82) is 0 Å². The Labute approximate surface area is 230 Å². The molecule has 0 bridgehead atoms. The first-order valence-corrected chi connectivity index (χ1v) is 15.7. The van der Waals surface area contributed by atoms with Gasteiger partial charge in [0.1, 0.15) is 36.6 Å². The fourth-order valence-corrected chi connectivity index (χ4v) is 5.53. The van der Waals surface area contributed by atoms with Crippen molar-refractivity contribution >= 4 is 47.5 Å². The molecule has 24 nitrogen and oxygen atoms in total. The predicted molar refractivity (Wildman–Crippen MR) is 118 cm³/mol. The van der Waals surface area contributed by atoms with Gasteiger partial charge in [-0.3, -0.25) is 18.2 Å². The largest absolute Gasteiger partial charge is 0.479 e. The standard InChI is InChI=1S/C13H23NO23S4/c1-31-13-9(37-41(28,29)30)6(16)8(10(35-13)11(17)18)34-12-4(14-38(19,20)21)7(36-40(25,26)27)5(15)3(33-12)2-32-39(22,23)24/h3-10,12-16H,2H2,1H3,(H,17,18)(H,19,20,21)(H,22,23,24)(H,25,26,27)(H,28,29,30)/t3-,4-,5-,6-,7-,8-,9+,10+,12-,13+/m1/s1. The molecule has 0 unspecified atom stereocenters. The Bertz CT molecular complexity index is 1360. The molecular formula is C13H23NO23S4. The lowest BCUT2D eigenvalue weighted by atomic mass is 9.96. The molecule has 0 saturated carbocycles. The maximum absolute atomic E-state index is 11.8. The van der Waals surface area contributed by atoms with Crippen LogP contribution in [0.1, 0.15) is 0 Å². The highest BCUT2D eigenvalue weighted by Gasteiger charge is 2.56. The maximum Gasteiger partial charge on any atom is 0.397 e. The fourth-order valence-electron chi connectivity index (χ4n) is 3.64. The summed E-state index contributed by atoms with van der Waals surface area (Å²) in [5.74, 6) is -1.98. The van der Waals surface area contributed by atoms with E-state index in [-0.39, 0.29) is 0 Å². The van der Waals surface area contributed by atoms with Gasteiger partial charge in [0.2, 0.25) is 0 Å². The van der Waals surface area contributed by atoms with Gasteiger partial charge in [0.05, 0.1) is 6.61 Å². The molecule has 242 valence electrons. The molecule has 0 radical (unpaired) electrons. The van der Waals surface area contributed by atoms with Crippen molar-refractivity contribution in [3.63, 3.8) is 0 Å². The van der Waals surface area contributed by atoms with E-state index in [1.807, 2.05) is 0 Å². The first kappa shape index (κ1) is 35.9. The van der Waals surface area contributed by atoms with E-state index in [9.17, 15) is 58.3 Å². The van der Waals surface area contributed by atoms with E-state index in [2.05, 4.69) is 12.5 Å². The number of hydrogen-bond donors (Lipinski definition) is 8. The van der Waals surface area contributed by atoms with Gasteiger partial charge in [-0.05, 0) is 0 Å². The number of carboxylic acids is 1. The second-order valence-electron chi connectivity index (χ2n) is 7.93. The van der Waals surface area contributed by atoms with Crippen LogP contribution in [0.15, 0.2) is 0 Å². The molecule has 8 N–H and O–H groups in total. The quantitative estimate of drug-likeness (QED) is 0.0835. The average molecular weight is 690 g/mol. The molecule has 2 aliphatic heterocycles. The SMILES string of the molecule is CO[C@H]1O[C@H](C(=O)O)[C@H](O[C@H]2O[C@H](COS(=O)(=O)O)[C@@H](O)[C@H](OS(=O)(=O)O)[C@H]2NS(=O)(=O)O)[C@@H](O)[C@@H]1OS(=O)(=O)O. The molecule has 2 saturated heterocycles. The molecule has 0 aliphatic carbocycles. The Hall–Kier alpha value is -1.29. The summed E-state index contributed by atoms with van der Waals surface area (Å²) in [4.78, 5) is 11.8. The molecule has 2 fully saturated rings. The van der Waals surface area contributed by atoms with Crippen LogP contribution in [0.4, 0.5) is 0 Å². The number of aliphatic hydroxyl groups excluding tert-OH is 2. The van der Waals surface area contributed by atoms with Gasteiger partial charge in [-0.1, -0.05) is 0 Å². The number of methoxy groups -OCH3 is 1. The van der Waals surface area contributed by atoms with Crippen molar-refractivity contribution in [2.24, 2.45) is 0 Å². The van der Waals surface area contributed by atoms with Gasteiger partial charge in [0.25, 0.3) is 0 Å². The van der Waals surface area contributed by atoms with Crippen LogP contribution in [0.5, 0.6) is 0 Å². The third kappa shape index (κ3) is 10.7. The van der Waals surface area contributed by atoms with Crippen molar-refractivity contribution in [3.05, 3.63) is 0 Å². The van der Waals surface area contributed by atoms with E-state index in [0.29, 0.717) is 0 Å². The molecule has 28 heteroatoms. The molecular weight excluding hydrogens is 666 g/mol. The number of hydrogen-bond acceptors (Lipinski definition) is 18. The molecule has 41 heavy (non-hydrogen) atoms. The van der Waals surface area contributed by atoms with Gasteiger partial charge >= 0.3 is 47.5 Å². The Kier molecular flexibility index (Phi) is 11.5. The minimum Gasteiger partial charge on any atom is -0.479 e. The average Bonchev–Trinajstić information content (AvgIpc) is 2.76. The Morgan fingerprint density at radius 3 is 1.76 bits per heavy atom. The van der Waals surface area contributed by atoms with Crippen LogP contribution in [0.2, 0.25) is 0 Å². The van der Waals surface area contributed by atoms with E-state index in [0.717, 1.165) is 7.11 Å². The highest BCUT2D eigenvalue weighted by molar-refractivity contribution is 7.83. The van der Waals surface area contributed by atoms with Gasteiger partial charge in [-0.25, -0.2) is 17.3 Å². The smallest absolute Gasteiger partial charge is 0.397 e. The van der Waals surface area contributed by atoms with Crippen molar-refractivity contribution in [2.45, 2.75) is 61.3 Å². The Balaban J connectivity index is 2.61. The predicted octanol–water partition coefficient (Wildman–Crippen LogP) is -5.77. The highest BCUT2D eigenvalue weighted by Crippen LogP contribution is 2.33. The maximum atomic E-state index is 11.8. The lowest BCUT2D eigenvalue weighted by Crippen LogP contribution is -2.69. The second-order valence-corrected chi connectivity index (χ2v) is 12.3. The zero-order valence-electron chi connectivity index (χ0n) is 19.8. The zero-order valence-corrected chi connectivity index (χ0v) is 23.0. The van der Waals surface area contributed by atoms with E-state index in [4.69, 9.17) is 32.6 Å². The third-order valence-electron chi connectivity index (χ3n) is 5.09. The van der Waals surface area contributed by atoms with Crippen LogP contribution in [0, 0.1) is 0 Å². The van der Waals surface area contributed by atoms with E-state index in [1.165, 1.54) is 4.72 Å². The minimum absolute atomic E-state index is 0.826. The van der Waals surface area contributed by atoms with Crippen molar-refractivity contribution < 1.29 is 103 Å². The number of carboxylic acid groups (broad SMARTS) is 1. The normalized spacial score (nSPS) is 35.7. The number of aliphatic hydroxyl groups is 2. The van der Waals surface area contributed by atoms with Crippen molar-refractivity contribution in [1.82, 2.24) is 4.72 Å². The summed E-state index contributed by atoms with van der Waals surface area (Å²) in [6.45, 7) is -1.42. The van der Waals surface area contributed by atoms with E-state index in [1.54, 1.807) is 0 Å². The molecule has 2 rings (SSSR count). The van der Waals surface area contributed by atoms with Crippen LogP contribution in [0.3, 0.4) is 0 Å².